The number of rotatable bonds is 3. The Morgan fingerprint density at radius 2 is 2.31 bits per heavy atom. The molecule has 0 unspecified atom stereocenters. The van der Waals surface area contributed by atoms with E-state index in [2.05, 4.69) is 9.97 Å². The standard InChI is InChI=1S/C11H13N3O2/c1-3-14-9-5-6-12-7-8(9)13-10(14)11(15)16-4-2/h5-7H,3-4H2,1-2H3. The quantitative estimate of drug-likeness (QED) is 0.736. The second kappa shape index (κ2) is 4.30. The predicted octanol–water partition coefficient (Wildman–Crippen LogP) is 1.63. The Bertz CT molecular complexity index is 519. The van der Waals surface area contributed by atoms with Crippen LogP contribution in [0.5, 0.6) is 0 Å². The molecule has 2 rings (SSSR count). The summed E-state index contributed by atoms with van der Waals surface area (Å²) < 4.78 is 6.79. The lowest BCUT2D eigenvalue weighted by molar-refractivity contribution is 0.0507. The lowest BCUT2D eigenvalue weighted by atomic mass is 10.4. The first-order valence-corrected chi connectivity index (χ1v) is 5.25. The average Bonchev–Trinajstić information content (AvgIpc) is 2.67. The van der Waals surface area contributed by atoms with E-state index in [1.54, 1.807) is 19.3 Å². The fourth-order valence-electron chi connectivity index (χ4n) is 1.65. The number of carbonyl (C=O) groups is 1. The van der Waals surface area contributed by atoms with Gasteiger partial charge in [-0.15, -0.1) is 0 Å². The highest BCUT2D eigenvalue weighted by Gasteiger charge is 2.17. The molecule has 0 amide bonds. The number of nitrogens with zero attached hydrogens (tertiary/aromatic N) is 3. The van der Waals surface area contributed by atoms with E-state index in [4.69, 9.17) is 4.74 Å². The zero-order valence-electron chi connectivity index (χ0n) is 9.30. The molecule has 0 aromatic carbocycles. The van der Waals surface area contributed by atoms with Gasteiger partial charge in [-0.25, -0.2) is 9.78 Å². The van der Waals surface area contributed by atoms with Crippen LogP contribution in [-0.4, -0.2) is 27.1 Å². The van der Waals surface area contributed by atoms with Crippen LogP contribution in [-0.2, 0) is 11.3 Å². The van der Waals surface area contributed by atoms with Crippen LogP contribution in [0.4, 0.5) is 0 Å². The number of pyridine rings is 1. The second-order valence-electron chi connectivity index (χ2n) is 3.26. The van der Waals surface area contributed by atoms with Crippen LogP contribution in [0.2, 0.25) is 0 Å². The van der Waals surface area contributed by atoms with Crippen LogP contribution in [0.3, 0.4) is 0 Å². The monoisotopic (exact) mass is 219 g/mol. The third kappa shape index (κ3) is 1.64. The summed E-state index contributed by atoms with van der Waals surface area (Å²) in [5, 5.41) is 0. The van der Waals surface area contributed by atoms with Gasteiger partial charge in [0.25, 0.3) is 0 Å². The van der Waals surface area contributed by atoms with Gasteiger partial charge in [0.1, 0.15) is 5.52 Å². The first kappa shape index (κ1) is 10.6. The van der Waals surface area contributed by atoms with Gasteiger partial charge in [-0.2, -0.15) is 0 Å². The SMILES string of the molecule is CCOC(=O)c1nc2cnccc2n1CC. The van der Waals surface area contributed by atoms with Gasteiger partial charge in [0.05, 0.1) is 18.3 Å². The maximum atomic E-state index is 11.7. The number of aryl methyl sites for hydroxylation is 1. The number of aromatic nitrogens is 3. The molecule has 0 radical (unpaired) electrons. The molecule has 16 heavy (non-hydrogen) atoms. The Labute approximate surface area is 93.1 Å². The number of esters is 1. The van der Waals surface area contributed by atoms with Gasteiger partial charge in [-0.3, -0.25) is 4.98 Å². The molecule has 0 saturated carbocycles. The van der Waals surface area contributed by atoms with Crippen molar-refractivity contribution in [2.75, 3.05) is 6.61 Å². The molecule has 5 nitrogen and oxygen atoms in total. The minimum atomic E-state index is -0.388. The number of hydrogen-bond acceptors (Lipinski definition) is 4. The molecule has 0 N–H and O–H groups in total. The van der Waals surface area contributed by atoms with Gasteiger partial charge < -0.3 is 9.30 Å². The molecule has 0 aliphatic heterocycles. The summed E-state index contributed by atoms with van der Waals surface area (Å²) in [5.74, 6) is -0.0482. The van der Waals surface area contributed by atoms with E-state index in [-0.39, 0.29) is 5.97 Å². The van der Waals surface area contributed by atoms with E-state index in [9.17, 15) is 4.79 Å². The highest BCUT2D eigenvalue weighted by molar-refractivity contribution is 5.90. The topological polar surface area (TPSA) is 57.0 Å². The number of imidazole rings is 1. The van der Waals surface area contributed by atoms with Crippen molar-refractivity contribution in [1.29, 1.82) is 0 Å². The molecule has 84 valence electrons. The van der Waals surface area contributed by atoms with Crippen LogP contribution >= 0.6 is 0 Å². The molecular formula is C11H13N3O2. The summed E-state index contributed by atoms with van der Waals surface area (Å²) in [6, 6.07) is 1.84. The van der Waals surface area contributed by atoms with Gasteiger partial charge in [-0.05, 0) is 19.9 Å². The molecule has 0 saturated heterocycles. The Hall–Kier alpha value is -1.91. The maximum absolute atomic E-state index is 11.7. The molecule has 2 aromatic heterocycles. The van der Waals surface area contributed by atoms with Gasteiger partial charge >= 0.3 is 5.97 Å². The van der Waals surface area contributed by atoms with E-state index < -0.39 is 0 Å². The molecule has 5 heteroatoms. The van der Waals surface area contributed by atoms with Crippen LogP contribution in [0.25, 0.3) is 11.0 Å². The van der Waals surface area contributed by atoms with Crippen LogP contribution in [0, 0.1) is 0 Å². The van der Waals surface area contributed by atoms with Crippen molar-refractivity contribution in [2.24, 2.45) is 0 Å². The van der Waals surface area contributed by atoms with Crippen molar-refractivity contribution < 1.29 is 9.53 Å². The van der Waals surface area contributed by atoms with Crippen LogP contribution in [0.15, 0.2) is 18.5 Å². The van der Waals surface area contributed by atoms with E-state index in [0.29, 0.717) is 24.5 Å². The predicted molar refractivity (Wildman–Crippen MR) is 59.2 cm³/mol. The third-order valence-corrected chi connectivity index (χ3v) is 2.32. The zero-order chi connectivity index (χ0) is 11.5. The highest BCUT2D eigenvalue weighted by Crippen LogP contribution is 2.15. The van der Waals surface area contributed by atoms with Crippen molar-refractivity contribution >= 4 is 17.0 Å². The number of fused-ring (bicyclic) bond motifs is 1. The average molecular weight is 219 g/mol. The fourth-order valence-corrected chi connectivity index (χ4v) is 1.65. The summed E-state index contributed by atoms with van der Waals surface area (Å²) in [7, 11) is 0. The first-order chi connectivity index (χ1) is 7.77. The molecule has 0 atom stereocenters. The van der Waals surface area contributed by atoms with E-state index in [1.807, 2.05) is 17.6 Å². The lowest BCUT2D eigenvalue weighted by Crippen LogP contribution is -2.12. The smallest absolute Gasteiger partial charge is 0.374 e. The molecular weight excluding hydrogens is 206 g/mol. The number of ether oxygens (including phenoxy) is 1. The second-order valence-corrected chi connectivity index (χ2v) is 3.26. The van der Waals surface area contributed by atoms with E-state index >= 15 is 0 Å². The van der Waals surface area contributed by atoms with Gasteiger partial charge in [0.2, 0.25) is 5.82 Å². The summed E-state index contributed by atoms with van der Waals surface area (Å²) in [6.07, 6.45) is 3.33. The maximum Gasteiger partial charge on any atom is 0.374 e. The highest BCUT2D eigenvalue weighted by atomic mass is 16.5. The normalized spacial score (nSPS) is 10.6. The van der Waals surface area contributed by atoms with Crippen LogP contribution in [0.1, 0.15) is 24.5 Å². The lowest BCUT2D eigenvalue weighted by Gasteiger charge is -2.04. The molecule has 2 heterocycles. The largest absolute Gasteiger partial charge is 0.460 e. The first-order valence-electron chi connectivity index (χ1n) is 5.25. The summed E-state index contributed by atoms with van der Waals surface area (Å²) >= 11 is 0. The van der Waals surface area contributed by atoms with E-state index in [1.165, 1.54) is 0 Å². The Balaban J connectivity index is 2.56. The molecule has 0 aliphatic rings. The fraction of sp³-hybridized carbons (Fsp3) is 0.364. The molecule has 0 spiro atoms. The Morgan fingerprint density at radius 1 is 1.50 bits per heavy atom. The zero-order valence-corrected chi connectivity index (χ0v) is 9.30. The van der Waals surface area contributed by atoms with Crippen molar-refractivity contribution in [1.82, 2.24) is 14.5 Å². The van der Waals surface area contributed by atoms with Gasteiger partial charge in [0.15, 0.2) is 0 Å². The summed E-state index contributed by atoms with van der Waals surface area (Å²) in [4.78, 5) is 19.9. The van der Waals surface area contributed by atoms with Crippen LogP contribution < -0.4 is 0 Å². The molecule has 0 aliphatic carbocycles. The third-order valence-electron chi connectivity index (χ3n) is 2.32. The Kier molecular flexibility index (Phi) is 2.85. The summed E-state index contributed by atoms with van der Waals surface area (Å²) in [6.45, 7) is 4.77. The van der Waals surface area contributed by atoms with Gasteiger partial charge in [0, 0.05) is 12.7 Å². The van der Waals surface area contributed by atoms with Gasteiger partial charge in [-0.1, -0.05) is 0 Å². The Morgan fingerprint density at radius 3 is 3.00 bits per heavy atom. The summed E-state index contributed by atoms with van der Waals surface area (Å²) in [5.41, 5.74) is 1.62. The minimum Gasteiger partial charge on any atom is -0.460 e. The minimum absolute atomic E-state index is 0.340. The van der Waals surface area contributed by atoms with E-state index in [0.717, 1.165) is 5.52 Å². The molecule has 2 aromatic rings. The number of hydrogen-bond donors (Lipinski definition) is 0. The molecule has 0 fully saturated rings. The van der Waals surface area contributed by atoms with Crippen molar-refractivity contribution in [3.63, 3.8) is 0 Å². The van der Waals surface area contributed by atoms with Crippen molar-refractivity contribution in [2.45, 2.75) is 20.4 Å². The van der Waals surface area contributed by atoms with Crippen molar-refractivity contribution in [3.05, 3.63) is 24.3 Å². The van der Waals surface area contributed by atoms with Crippen molar-refractivity contribution in [3.8, 4) is 0 Å². The molecule has 0 bridgehead atoms. The number of carbonyl (C=O) groups excluding carboxylic acids is 1.